The van der Waals surface area contributed by atoms with Crippen molar-refractivity contribution in [3.05, 3.63) is 50.6 Å². The Morgan fingerprint density at radius 2 is 1.89 bits per heavy atom. The predicted octanol–water partition coefficient (Wildman–Crippen LogP) is 4.04. The molecule has 2 aromatic rings. The Bertz CT molecular complexity index is 565. The number of carbonyl (C=O) groups excluding carboxylic acids is 1. The Hall–Kier alpha value is -1.33. The molecule has 1 atom stereocenters. The highest BCUT2D eigenvalue weighted by atomic mass is 79.9. The number of carbonyl (C=O) groups is 1. The smallest absolute Gasteiger partial charge is 0.251 e. The van der Waals surface area contributed by atoms with Gasteiger partial charge in [0.05, 0.1) is 9.83 Å². The molecule has 0 fully saturated rings. The van der Waals surface area contributed by atoms with E-state index in [2.05, 4.69) is 39.6 Å². The number of hydrogen-bond acceptors (Lipinski definition) is 3. The molecule has 3 nitrogen and oxygen atoms in total. The molecule has 0 aliphatic heterocycles. The Kier molecular flexibility index (Phi) is 4.61. The number of amides is 1. The first kappa shape index (κ1) is 14.1. The van der Waals surface area contributed by atoms with Crippen LogP contribution in [-0.2, 0) is 0 Å². The van der Waals surface area contributed by atoms with Gasteiger partial charge in [-0.25, -0.2) is 0 Å². The fourth-order valence-corrected chi connectivity index (χ4v) is 3.17. The van der Waals surface area contributed by atoms with Crippen LogP contribution in [0.15, 0.2) is 40.2 Å². The number of thiophene rings is 1. The SMILES string of the molecule is CNC(=O)c1ccc(NC(C)c2ccc(Br)s2)cc1. The lowest BCUT2D eigenvalue weighted by molar-refractivity contribution is 0.0963. The monoisotopic (exact) mass is 338 g/mol. The van der Waals surface area contributed by atoms with E-state index in [0.717, 1.165) is 9.47 Å². The molecule has 0 saturated carbocycles. The topological polar surface area (TPSA) is 41.1 Å². The summed E-state index contributed by atoms with van der Waals surface area (Å²) < 4.78 is 1.13. The first-order chi connectivity index (χ1) is 9.10. The zero-order valence-electron chi connectivity index (χ0n) is 10.7. The van der Waals surface area contributed by atoms with Crippen LogP contribution in [-0.4, -0.2) is 13.0 Å². The van der Waals surface area contributed by atoms with Gasteiger partial charge in [0.15, 0.2) is 0 Å². The lowest BCUT2D eigenvalue weighted by Gasteiger charge is -2.13. The van der Waals surface area contributed by atoms with E-state index in [1.807, 2.05) is 30.3 Å². The Labute approximate surface area is 125 Å². The van der Waals surface area contributed by atoms with E-state index in [-0.39, 0.29) is 11.9 Å². The number of rotatable bonds is 4. The normalized spacial score (nSPS) is 11.9. The zero-order valence-corrected chi connectivity index (χ0v) is 13.1. The molecule has 100 valence electrons. The van der Waals surface area contributed by atoms with Gasteiger partial charge in [0.1, 0.15) is 0 Å². The van der Waals surface area contributed by atoms with Gasteiger partial charge < -0.3 is 10.6 Å². The summed E-state index contributed by atoms with van der Waals surface area (Å²) in [5, 5.41) is 6.02. The third-order valence-corrected chi connectivity index (χ3v) is 4.58. The van der Waals surface area contributed by atoms with Crippen LogP contribution in [0.5, 0.6) is 0 Å². The van der Waals surface area contributed by atoms with Gasteiger partial charge in [0, 0.05) is 23.2 Å². The molecule has 19 heavy (non-hydrogen) atoms. The summed E-state index contributed by atoms with van der Waals surface area (Å²) in [7, 11) is 1.63. The largest absolute Gasteiger partial charge is 0.378 e. The quantitative estimate of drug-likeness (QED) is 0.883. The first-order valence-electron chi connectivity index (χ1n) is 5.94. The van der Waals surface area contributed by atoms with Crippen LogP contribution in [0.1, 0.15) is 28.2 Å². The third kappa shape index (κ3) is 3.58. The van der Waals surface area contributed by atoms with E-state index < -0.39 is 0 Å². The maximum absolute atomic E-state index is 11.4. The average Bonchev–Trinajstić information content (AvgIpc) is 2.85. The standard InChI is InChI=1S/C14H15BrN2OS/c1-9(12-7-8-13(15)19-12)17-11-5-3-10(4-6-11)14(18)16-2/h3-9,17H,1-2H3,(H,16,18). The number of nitrogens with one attached hydrogen (secondary N) is 2. The second-order valence-corrected chi connectivity index (χ2v) is 6.66. The summed E-state index contributed by atoms with van der Waals surface area (Å²) in [4.78, 5) is 12.7. The van der Waals surface area contributed by atoms with Gasteiger partial charge in [-0.2, -0.15) is 0 Å². The molecular formula is C14H15BrN2OS. The van der Waals surface area contributed by atoms with Crippen LogP contribution in [0, 0.1) is 0 Å². The lowest BCUT2D eigenvalue weighted by Crippen LogP contribution is -2.17. The summed E-state index contributed by atoms with van der Waals surface area (Å²) in [6.45, 7) is 2.12. The Balaban J connectivity index is 2.05. The number of benzene rings is 1. The molecule has 0 radical (unpaired) electrons. The molecule has 1 unspecified atom stereocenters. The zero-order chi connectivity index (χ0) is 13.8. The second-order valence-electron chi connectivity index (χ2n) is 4.16. The molecule has 0 spiro atoms. The molecule has 0 aliphatic rings. The van der Waals surface area contributed by atoms with E-state index in [1.54, 1.807) is 18.4 Å². The van der Waals surface area contributed by atoms with Gasteiger partial charge in [-0.3, -0.25) is 4.79 Å². The predicted molar refractivity (Wildman–Crippen MR) is 83.9 cm³/mol. The van der Waals surface area contributed by atoms with Crippen LogP contribution in [0.25, 0.3) is 0 Å². The average molecular weight is 339 g/mol. The highest BCUT2D eigenvalue weighted by Gasteiger charge is 2.08. The van der Waals surface area contributed by atoms with Crippen molar-refractivity contribution in [2.75, 3.05) is 12.4 Å². The van der Waals surface area contributed by atoms with Crippen molar-refractivity contribution < 1.29 is 4.79 Å². The van der Waals surface area contributed by atoms with Gasteiger partial charge in [0.25, 0.3) is 5.91 Å². The minimum atomic E-state index is -0.0678. The van der Waals surface area contributed by atoms with Crippen molar-refractivity contribution in [2.45, 2.75) is 13.0 Å². The molecule has 0 aliphatic carbocycles. The number of halogens is 1. The minimum Gasteiger partial charge on any atom is -0.378 e. The van der Waals surface area contributed by atoms with Crippen LogP contribution >= 0.6 is 27.3 Å². The van der Waals surface area contributed by atoms with E-state index in [0.29, 0.717) is 5.56 Å². The van der Waals surface area contributed by atoms with E-state index in [4.69, 9.17) is 0 Å². The van der Waals surface area contributed by atoms with Gasteiger partial charge in [-0.05, 0) is 59.3 Å². The highest BCUT2D eigenvalue weighted by Crippen LogP contribution is 2.29. The molecule has 1 amide bonds. The minimum absolute atomic E-state index is 0.0678. The highest BCUT2D eigenvalue weighted by molar-refractivity contribution is 9.11. The van der Waals surface area contributed by atoms with Crippen molar-refractivity contribution in [1.29, 1.82) is 0 Å². The van der Waals surface area contributed by atoms with E-state index >= 15 is 0 Å². The van der Waals surface area contributed by atoms with Crippen LogP contribution in [0.2, 0.25) is 0 Å². The summed E-state index contributed by atoms with van der Waals surface area (Å²) in [6, 6.07) is 11.9. The van der Waals surface area contributed by atoms with Crippen molar-refractivity contribution >= 4 is 38.9 Å². The lowest BCUT2D eigenvalue weighted by atomic mass is 10.2. The van der Waals surface area contributed by atoms with Gasteiger partial charge in [0.2, 0.25) is 0 Å². The van der Waals surface area contributed by atoms with Crippen molar-refractivity contribution in [3.63, 3.8) is 0 Å². The fourth-order valence-electron chi connectivity index (χ4n) is 1.74. The molecule has 2 N–H and O–H groups in total. The molecular weight excluding hydrogens is 324 g/mol. The van der Waals surface area contributed by atoms with E-state index in [1.165, 1.54) is 4.88 Å². The Morgan fingerprint density at radius 3 is 2.42 bits per heavy atom. The molecule has 1 heterocycles. The molecule has 5 heteroatoms. The van der Waals surface area contributed by atoms with Gasteiger partial charge in [-0.1, -0.05) is 0 Å². The number of hydrogen-bond donors (Lipinski definition) is 2. The molecule has 1 aromatic heterocycles. The second kappa shape index (κ2) is 6.21. The molecule has 1 aromatic carbocycles. The maximum atomic E-state index is 11.4. The van der Waals surface area contributed by atoms with Crippen molar-refractivity contribution in [1.82, 2.24) is 5.32 Å². The first-order valence-corrected chi connectivity index (χ1v) is 7.55. The molecule has 2 rings (SSSR count). The third-order valence-electron chi connectivity index (χ3n) is 2.78. The summed E-state index contributed by atoms with van der Waals surface area (Å²) in [5.41, 5.74) is 1.67. The Morgan fingerprint density at radius 1 is 1.21 bits per heavy atom. The maximum Gasteiger partial charge on any atom is 0.251 e. The van der Waals surface area contributed by atoms with Gasteiger partial charge in [-0.15, -0.1) is 11.3 Å². The summed E-state index contributed by atoms with van der Waals surface area (Å²) in [5.74, 6) is -0.0678. The fraction of sp³-hybridized carbons (Fsp3) is 0.214. The summed E-state index contributed by atoms with van der Waals surface area (Å²) >= 11 is 5.18. The van der Waals surface area contributed by atoms with E-state index in [9.17, 15) is 4.79 Å². The number of anilines is 1. The van der Waals surface area contributed by atoms with Crippen LogP contribution in [0.3, 0.4) is 0 Å². The molecule has 0 saturated heterocycles. The van der Waals surface area contributed by atoms with Crippen molar-refractivity contribution in [2.24, 2.45) is 0 Å². The van der Waals surface area contributed by atoms with Gasteiger partial charge >= 0.3 is 0 Å². The summed E-state index contributed by atoms with van der Waals surface area (Å²) in [6.07, 6.45) is 0. The van der Waals surface area contributed by atoms with Crippen LogP contribution in [0.4, 0.5) is 5.69 Å². The van der Waals surface area contributed by atoms with Crippen molar-refractivity contribution in [3.8, 4) is 0 Å². The molecule has 0 bridgehead atoms. The van der Waals surface area contributed by atoms with Crippen LogP contribution < -0.4 is 10.6 Å².